The Labute approximate surface area is 150 Å². The van der Waals surface area contributed by atoms with Gasteiger partial charge in [0.05, 0.1) is 13.2 Å². The Morgan fingerprint density at radius 2 is 2.00 bits per heavy atom. The van der Waals surface area contributed by atoms with E-state index in [-0.39, 0.29) is 17.2 Å². The second-order valence-corrected chi connectivity index (χ2v) is 8.36. The number of benzene rings is 2. The highest BCUT2D eigenvalue weighted by atomic mass is 32.2. The number of hydrogen-bond acceptors (Lipinski definition) is 5. The van der Waals surface area contributed by atoms with Crippen LogP contribution in [0, 0.1) is 6.92 Å². The molecule has 0 saturated carbocycles. The summed E-state index contributed by atoms with van der Waals surface area (Å²) >= 11 is 1.52. The number of ether oxygens (including phenoxy) is 1. The van der Waals surface area contributed by atoms with Gasteiger partial charge in [-0.1, -0.05) is 24.3 Å². The molecule has 0 aliphatic heterocycles. The van der Waals surface area contributed by atoms with Gasteiger partial charge in [0.2, 0.25) is 10.0 Å². The molecule has 1 atom stereocenters. The number of aliphatic hydroxyl groups excluding tert-OH is 1. The minimum absolute atomic E-state index is 0.0670. The predicted octanol–water partition coefficient (Wildman–Crippen LogP) is 3.23. The standard InChI is InChI=1S/C18H19NO4S2/c1-12-7-8-16(23-2)18(9-12)25(21,22)19-10-15(20)14-11-24-17-6-4-3-5-13(14)17/h3-9,11,15,19-20H,10H2,1-2H3. The zero-order valence-corrected chi connectivity index (χ0v) is 15.5. The molecular formula is C18H19NO4S2. The molecule has 132 valence electrons. The van der Waals surface area contributed by atoms with Crippen molar-refractivity contribution in [3.8, 4) is 5.75 Å². The summed E-state index contributed by atoms with van der Waals surface area (Å²) in [5, 5.41) is 13.2. The maximum atomic E-state index is 12.6. The molecule has 0 bridgehead atoms. The first kappa shape index (κ1) is 17.9. The van der Waals surface area contributed by atoms with E-state index < -0.39 is 16.1 Å². The lowest BCUT2D eigenvalue weighted by atomic mass is 10.1. The van der Waals surface area contributed by atoms with Crippen molar-refractivity contribution in [1.82, 2.24) is 4.72 Å². The molecule has 7 heteroatoms. The van der Waals surface area contributed by atoms with E-state index in [1.54, 1.807) is 18.2 Å². The van der Waals surface area contributed by atoms with Crippen LogP contribution in [0.5, 0.6) is 5.75 Å². The van der Waals surface area contributed by atoms with Crippen molar-refractivity contribution >= 4 is 31.4 Å². The van der Waals surface area contributed by atoms with Crippen LogP contribution in [0.3, 0.4) is 0 Å². The molecule has 1 heterocycles. The predicted molar refractivity (Wildman–Crippen MR) is 99.7 cm³/mol. The highest BCUT2D eigenvalue weighted by Crippen LogP contribution is 2.30. The summed E-state index contributed by atoms with van der Waals surface area (Å²) in [4.78, 5) is 0.0670. The fourth-order valence-corrected chi connectivity index (χ4v) is 4.92. The first-order chi connectivity index (χ1) is 11.9. The average molecular weight is 377 g/mol. The molecule has 3 rings (SSSR count). The fraction of sp³-hybridized carbons (Fsp3) is 0.222. The number of rotatable bonds is 6. The highest BCUT2D eigenvalue weighted by molar-refractivity contribution is 7.89. The van der Waals surface area contributed by atoms with Crippen molar-refractivity contribution in [2.24, 2.45) is 0 Å². The Bertz CT molecular complexity index is 995. The molecule has 3 aromatic rings. The van der Waals surface area contributed by atoms with Crippen LogP contribution in [-0.4, -0.2) is 27.2 Å². The van der Waals surface area contributed by atoms with Crippen molar-refractivity contribution in [2.45, 2.75) is 17.9 Å². The summed E-state index contributed by atoms with van der Waals surface area (Å²) < 4.78 is 33.9. The van der Waals surface area contributed by atoms with E-state index in [1.807, 2.05) is 36.6 Å². The van der Waals surface area contributed by atoms with Gasteiger partial charge in [-0.2, -0.15) is 0 Å². The summed E-state index contributed by atoms with van der Waals surface area (Å²) in [5.74, 6) is 0.272. The lowest BCUT2D eigenvalue weighted by Gasteiger charge is -2.14. The van der Waals surface area contributed by atoms with Crippen molar-refractivity contribution in [1.29, 1.82) is 0 Å². The third-order valence-corrected chi connectivity index (χ3v) is 6.37. The van der Waals surface area contributed by atoms with Crippen LogP contribution in [0.4, 0.5) is 0 Å². The van der Waals surface area contributed by atoms with Gasteiger partial charge in [0, 0.05) is 16.8 Å². The van der Waals surface area contributed by atoms with E-state index in [0.717, 1.165) is 21.2 Å². The van der Waals surface area contributed by atoms with E-state index in [0.29, 0.717) is 0 Å². The Hall–Kier alpha value is -1.93. The van der Waals surface area contributed by atoms with Gasteiger partial charge in [-0.05, 0) is 41.5 Å². The van der Waals surface area contributed by atoms with Crippen molar-refractivity contribution in [3.63, 3.8) is 0 Å². The van der Waals surface area contributed by atoms with Crippen LogP contribution >= 0.6 is 11.3 Å². The van der Waals surface area contributed by atoms with Crippen LogP contribution in [0.15, 0.2) is 52.7 Å². The van der Waals surface area contributed by atoms with E-state index in [1.165, 1.54) is 18.4 Å². The lowest BCUT2D eigenvalue weighted by molar-refractivity contribution is 0.184. The lowest BCUT2D eigenvalue weighted by Crippen LogP contribution is -2.28. The molecule has 2 N–H and O–H groups in total. The van der Waals surface area contributed by atoms with Crippen LogP contribution in [0.1, 0.15) is 17.2 Å². The molecule has 1 aromatic heterocycles. The van der Waals surface area contributed by atoms with Crippen LogP contribution < -0.4 is 9.46 Å². The third kappa shape index (κ3) is 3.69. The van der Waals surface area contributed by atoms with Gasteiger partial charge < -0.3 is 9.84 Å². The quantitative estimate of drug-likeness (QED) is 0.692. The molecule has 1 unspecified atom stereocenters. The zero-order valence-electron chi connectivity index (χ0n) is 13.9. The van der Waals surface area contributed by atoms with Gasteiger partial charge >= 0.3 is 0 Å². The Kier molecular flexibility index (Phi) is 5.10. The Morgan fingerprint density at radius 3 is 2.76 bits per heavy atom. The minimum Gasteiger partial charge on any atom is -0.495 e. The Morgan fingerprint density at radius 1 is 1.24 bits per heavy atom. The van der Waals surface area contributed by atoms with Gasteiger partial charge in [-0.15, -0.1) is 11.3 Å². The molecule has 0 fully saturated rings. The normalized spacial score (nSPS) is 13.1. The number of hydrogen-bond donors (Lipinski definition) is 2. The van der Waals surface area contributed by atoms with E-state index in [2.05, 4.69) is 4.72 Å². The SMILES string of the molecule is COc1ccc(C)cc1S(=O)(=O)NCC(O)c1csc2ccccc12. The van der Waals surface area contributed by atoms with Crippen LogP contribution in [0.25, 0.3) is 10.1 Å². The van der Waals surface area contributed by atoms with E-state index in [4.69, 9.17) is 4.74 Å². The molecule has 0 aliphatic rings. The maximum Gasteiger partial charge on any atom is 0.244 e. The Balaban J connectivity index is 1.82. The molecule has 2 aromatic carbocycles. The van der Waals surface area contributed by atoms with Gasteiger partial charge in [0.25, 0.3) is 0 Å². The topological polar surface area (TPSA) is 75.6 Å². The number of aryl methyl sites for hydroxylation is 1. The second-order valence-electron chi connectivity index (χ2n) is 5.71. The number of methoxy groups -OCH3 is 1. The largest absolute Gasteiger partial charge is 0.495 e. The first-order valence-electron chi connectivity index (χ1n) is 7.71. The van der Waals surface area contributed by atoms with E-state index in [9.17, 15) is 13.5 Å². The van der Waals surface area contributed by atoms with Gasteiger partial charge in [-0.3, -0.25) is 0 Å². The van der Waals surface area contributed by atoms with Gasteiger partial charge in [0.15, 0.2) is 0 Å². The molecule has 0 spiro atoms. The van der Waals surface area contributed by atoms with Crippen LogP contribution in [-0.2, 0) is 10.0 Å². The van der Waals surface area contributed by atoms with Gasteiger partial charge in [-0.25, -0.2) is 13.1 Å². The molecule has 0 amide bonds. The third-order valence-electron chi connectivity index (χ3n) is 3.95. The number of aliphatic hydroxyl groups is 1. The highest BCUT2D eigenvalue weighted by Gasteiger charge is 2.22. The number of fused-ring (bicyclic) bond motifs is 1. The number of sulfonamides is 1. The van der Waals surface area contributed by atoms with Gasteiger partial charge in [0.1, 0.15) is 10.6 Å². The monoisotopic (exact) mass is 377 g/mol. The molecule has 5 nitrogen and oxygen atoms in total. The first-order valence-corrected chi connectivity index (χ1v) is 10.1. The maximum absolute atomic E-state index is 12.6. The van der Waals surface area contributed by atoms with E-state index >= 15 is 0 Å². The summed E-state index contributed by atoms with van der Waals surface area (Å²) in [6.07, 6.45) is -0.929. The molecule has 0 radical (unpaired) electrons. The molecule has 0 aliphatic carbocycles. The molecule has 0 saturated heterocycles. The smallest absolute Gasteiger partial charge is 0.244 e. The van der Waals surface area contributed by atoms with Crippen molar-refractivity contribution in [2.75, 3.05) is 13.7 Å². The number of thiophene rings is 1. The van der Waals surface area contributed by atoms with Crippen molar-refractivity contribution in [3.05, 3.63) is 59.0 Å². The summed E-state index contributed by atoms with van der Waals surface area (Å²) in [5.41, 5.74) is 1.53. The van der Waals surface area contributed by atoms with Crippen molar-refractivity contribution < 1.29 is 18.3 Å². The second kappa shape index (κ2) is 7.13. The number of nitrogens with one attached hydrogen (secondary N) is 1. The summed E-state index contributed by atoms with van der Waals surface area (Å²) in [7, 11) is -2.37. The minimum atomic E-state index is -3.80. The zero-order chi connectivity index (χ0) is 18.0. The average Bonchev–Trinajstić information content (AvgIpc) is 3.04. The fourth-order valence-electron chi connectivity index (χ4n) is 2.63. The molecule has 25 heavy (non-hydrogen) atoms. The molecular weight excluding hydrogens is 358 g/mol. The van der Waals surface area contributed by atoms with Crippen LogP contribution in [0.2, 0.25) is 0 Å². The summed E-state index contributed by atoms with van der Waals surface area (Å²) in [6, 6.07) is 12.7. The summed E-state index contributed by atoms with van der Waals surface area (Å²) in [6.45, 7) is 1.70.